The molecular weight excluding hydrogens is 530 g/mol. The van der Waals surface area contributed by atoms with Gasteiger partial charge in [-0.05, 0) is 53.9 Å². The highest BCUT2D eigenvalue weighted by Gasteiger charge is 2.37. The molecule has 1 aliphatic rings. The number of carbonyl (C=O) groups excluding carboxylic acids is 2. The fourth-order valence-corrected chi connectivity index (χ4v) is 5.71. The van der Waals surface area contributed by atoms with Gasteiger partial charge in [0.25, 0.3) is 0 Å². The lowest BCUT2D eigenvalue weighted by molar-refractivity contribution is -0.141. The van der Waals surface area contributed by atoms with E-state index in [1.165, 1.54) is 0 Å². The number of hydrogen-bond acceptors (Lipinski definition) is 6. The van der Waals surface area contributed by atoms with Crippen LogP contribution < -0.4 is 16.0 Å². The Kier molecular flexibility index (Phi) is 11.4. The molecule has 0 aliphatic heterocycles. The molecule has 1 atom stereocenters. The molecule has 1 aliphatic carbocycles. The number of carboxylic acids is 1. The number of nitrogens with zero attached hydrogens (tertiary/aromatic N) is 2. The van der Waals surface area contributed by atoms with E-state index in [1.807, 2.05) is 54.6 Å². The molecule has 0 radical (unpaired) electrons. The number of amides is 2. The summed E-state index contributed by atoms with van der Waals surface area (Å²) in [6.07, 6.45) is 9.67. The molecule has 2 amide bonds. The lowest BCUT2D eigenvalue weighted by atomic mass is 9.69. The van der Waals surface area contributed by atoms with Gasteiger partial charge in [0.15, 0.2) is 0 Å². The topological polar surface area (TPSA) is 133 Å². The Morgan fingerprint density at radius 1 is 0.810 bits per heavy atom. The van der Waals surface area contributed by atoms with Gasteiger partial charge in [-0.25, -0.2) is 9.97 Å². The van der Waals surface area contributed by atoms with Gasteiger partial charge in [-0.1, -0.05) is 73.9 Å². The number of carboxylic acid groups (broad SMARTS) is 1. The number of benzene rings is 2. The first kappa shape index (κ1) is 30.7. The van der Waals surface area contributed by atoms with E-state index < -0.39 is 17.4 Å². The minimum atomic E-state index is -0.884. The van der Waals surface area contributed by atoms with E-state index in [0.29, 0.717) is 38.3 Å². The number of anilines is 1. The summed E-state index contributed by atoms with van der Waals surface area (Å²) in [5.41, 5.74) is 2.56. The van der Waals surface area contributed by atoms with Gasteiger partial charge in [-0.15, -0.1) is 0 Å². The summed E-state index contributed by atoms with van der Waals surface area (Å²) < 4.78 is 0. The number of nitrogens with one attached hydrogen (secondary N) is 3. The first-order valence-corrected chi connectivity index (χ1v) is 14.9. The molecule has 2 aromatic carbocycles. The van der Waals surface area contributed by atoms with Crippen molar-refractivity contribution in [3.8, 4) is 11.1 Å². The monoisotopic (exact) mass is 571 g/mol. The van der Waals surface area contributed by atoms with Crippen LogP contribution in [0.2, 0.25) is 0 Å². The van der Waals surface area contributed by atoms with Crippen LogP contribution in [0.3, 0.4) is 0 Å². The van der Waals surface area contributed by atoms with Gasteiger partial charge in [0, 0.05) is 38.3 Å². The molecule has 9 heteroatoms. The zero-order chi connectivity index (χ0) is 29.6. The van der Waals surface area contributed by atoms with Gasteiger partial charge >= 0.3 is 5.97 Å². The van der Waals surface area contributed by atoms with Crippen molar-refractivity contribution >= 4 is 23.7 Å². The average Bonchev–Trinajstić information content (AvgIpc) is 2.99. The van der Waals surface area contributed by atoms with Crippen molar-refractivity contribution in [2.75, 3.05) is 18.4 Å². The van der Waals surface area contributed by atoms with Gasteiger partial charge in [0.1, 0.15) is 6.04 Å². The zero-order valence-corrected chi connectivity index (χ0v) is 24.1. The van der Waals surface area contributed by atoms with Gasteiger partial charge in [0.2, 0.25) is 17.8 Å². The van der Waals surface area contributed by atoms with Crippen LogP contribution in [0.4, 0.5) is 5.95 Å². The van der Waals surface area contributed by atoms with Crippen molar-refractivity contribution < 1.29 is 19.5 Å². The van der Waals surface area contributed by atoms with E-state index in [1.54, 1.807) is 18.5 Å². The lowest BCUT2D eigenvalue weighted by Gasteiger charge is -2.36. The molecule has 222 valence electrons. The fraction of sp³-hybridized carbons (Fsp3) is 0.424. The number of carbonyl (C=O) groups is 3. The second-order valence-electron chi connectivity index (χ2n) is 11.2. The number of aromatic nitrogens is 2. The predicted molar refractivity (Wildman–Crippen MR) is 163 cm³/mol. The molecule has 4 N–H and O–H groups in total. The minimum Gasteiger partial charge on any atom is -0.481 e. The number of hydrogen-bond donors (Lipinski definition) is 4. The van der Waals surface area contributed by atoms with E-state index >= 15 is 0 Å². The molecule has 42 heavy (non-hydrogen) atoms. The Hall–Kier alpha value is -4.27. The Morgan fingerprint density at radius 3 is 2.17 bits per heavy atom. The summed E-state index contributed by atoms with van der Waals surface area (Å²) >= 11 is 0. The summed E-state index contributed by atoms with van der Waals surface area (Å²) in [6.45, 7) is 1.15. The Bertz CT molecular complexity index is 1280. The van der Waals surface area contributed by atoms with Crippen molar-refractivity contribution in [3.05, 3.63) is 78.6 Å². The summed E-state index contributed by atoms with van der Waals surface area (Å²) in [4.78, 5) is 46.5. The molecule has 0 bridgehead atoms. The zero-order valence-electron chi connectivity index (χ0n) is 24.1. The third kappa shape index (κ3) is 9.68. The molecule has 3 aromatic rings. The average molecular weight is 572 g/mol. The molecule has 0 unspecified atom stereocenters. The van der Waals surface area contributed by atoms with Crippen molar-refractivity contribution in [2.45, 2.75) is 70.3 Å². The molecule has 1 heterocycles. The van der Waals surface area contributed by atoms with Crippen LogP contribution in [0.15, 0.2) is 73.1 Å². The van der Waals surface area contributed by atoms with Crippen LogP contribution in [0, 0.1) is 5.41 Å². The van der Waals surface area contributed by atoms with E-state index in [-0.39, 0.29) is 24.7 Å². The van der Waals surface area contributed by atoms with Gasteiger partial charge in [-0.2, -0.15) is 0 Å². The highest BCUT2D eigenvalue weighted by molar-refractivity contribution is 5.88. The van der Waals surface area contributed by atoms with Crippen molar-refractivity contribution in [1.82, 2.24) is 20.6 Å². The van der Waals surface area contributed by atoms with Crippen molar-refractivity contribution in [1.29, 1.82) is 0 Å². The van der Waals surface area contributed by atoms with Crippen LogP contribution in [0.25, 0.3) is 11.1 Å². The molecule has 4 rings (SSSR count). The third-order valence-electron chi connectivity index (χ3n) is 7.88. The molecule has 0 spiro atoms. The maximum atomic E-state index is 13.3. The second kappa shape index (κ2) is 15.7. The van der Waals surface area contributed by atoms with Crippen LogP contribution in [-0.2, 0) is 20.8 Å². The number of rotatable bonds is 15. The van der Waals surface area contributed by atoms with Crippen LogP contribution >= 0.6 is 0 Å². The molecular formula is C33H41N5O4. The van der Waals surface area contributed by atoms with E-state index in [4.69, 9.17) is 0 Å². The second-order valence-corrected chi connectivity index (χ2v) is 11.2. The fourth-order valence-electron chi connectivity index (χ4n) is 5.71. The van der Waals surface area contributed by atoms with Gasteiger partial charge in [0.05, 0.1) is 6.42 Å². The van der Waals surface area contributed by atoms with Crippen LogP contribution in [0.5, 0.6) is 0 Å². The highest BCUT2D eigenvalue weighted by Crippen LogP contribution is 2.42. The Morgan fingerprint density at radius 2 is 1.48 bits per heavy atom. The Labute approximate surface area is 247 Å². The smallest absolute Gasteiger partial charge is 0.303 e. The summed E-state index contributed by atoms with van der Waals surface area (Å²) in [5, 5.41) is 18.6. The van der Waals surface area contributed by atoms with Crippen molar-refractivity contribution in [2.24, 2.45) is 5.41 Å². The molecule has 0 saturated heterocycles. The maximum Gasteiger partial charge on any atom is 0.303 e. The standard InChI is InChI=1S/C33H41N5O4/c39-29(23-33(24-30(40)41)16-5-2-6-17-33)38-28(22-25-12-14-27(15-13-25)26-10-3-1-4-11-26)31(42)34-18-7-8-19-35-32-36-20-9-21-37-32/h1,3-4,9-15,20-21,28H,2,5-8,16-19,22-24H2,(H,34,42)(H,38,39)(H,40,41)(H,35,36,37)/t28-/m0/s1. The lowest BCUT2D eigenvalue weighted by Crippen LogP contribution is -2.49. The highest BCUT2D eigenvalue weighted by atomic mass is 16.4. The maximum absolute atomic E-state index is 13.3. The SMILES string of the molecule is O=C(O)CC1(CC(=O)N[C@@H](Cc2ccc(-c3ccccc3)cc2)C(=O)NCCCCNc2ncccn2)CCCCC1. The van der Waals surface area contributed by atoms with Gasteiger partial charge < -0.3 is 21.1 Å². The van der Waals surface area contributed by atoms with Crippen molar-refractivity contribution in [3.63, 3.8) is 0 Å². The quantitative estimate of drug-likeness (QED) is 0.189. The first-order chi connectivity index (χ1) is 20.4. The number of unbranched alkanes of at least 4 members (excludes halogenated alkanes) is 1. The van der Waals surface area contributed by atoms with E-state index in [2.05, 4.69) is 25.9 Å². The molecule has 1 aromatic heterocycles. The molecule has 1 fully saturated rings. The third-order valence-corrected chi connectivity index (χ3v) is 7.88. The summed E-state index contributed by atoms with van der Waals surface area (Å²) in [5.74, 6) is -0.830. The van der Waals surface area contributed by atoms with Crippen LogP contribution in [0.1, 0.15) is 63.4 Å². The summed E-state index contributed by atoms with van der Waals surface area (Å²) in [6, 6.07) is 19.1. The molecule has 1 saturated carbocycles. The Balaban J connectivity index is 1.36. The number of aliphatic carboxylic acids is 1. The summed E-state index contributed by atoms with van der Waals surface area (Å²) in [7, 11) is 0. The van der Waals surface area contributed by atoms with E-state index in [0.717, 1.165) is 48.8 Å². The largest absolute Gasteiger partial charge is 0.481 e. The van der Waals surface area contributed by atoms with Gasteiger partial charge in [-0.3, -0.25) is 14.4 Å². The van der Waals surface area contributed by atoms with Crippen LogP contribution in [-0.4, -0.2) is 52.0 Å². The minimum absolute atomic E-state index is 0.0275. The van der Waals surface area contributed by atoms with E-state index in [9.17, 15) is 19.5 Å². The molecule has 9 nitrogen and oxygen atoms in total. The first-order valence-electron chi connectivity index (χ1n) is 14.9. The predicted octanol–water partition coefficient (Wildman–Crippen LogP) is 4.99. The normalized spacial score (nSPS) is 14.9.